The number of likely N-dealkylation sites (tertiary alicyclic amines) is 1. The Morgan fingerprint density at radius 2 is 1.83 bits per heavy atom. The molecule has 13 nitrogen and oxygen atoms in total. The molecule has 2 aliphatic heterocycles. The minimum atomic E-state index is -4.62. The molecular formula is C31H24ClF3N8O5. The smallest absolute Gasteiger partial charge is 0.416 e. The Morgan fingerprint density at radius 1 is 1.08 bits per heavy atom. The topological polar surface area (TPSA) is 157 Å². The van der Waals surface area contributed by atoms with E-state index in [1.807, 2.05) is 0 Å². The van der Waals surface area contributed by atoms with E-state index in [-0.39, 0.29) is 71.9 Å². The number of anilines is 1. The fraction of sp³-hybridized carbons (Fsp3) is 0.258. The number of benzene rings is 1. The Kier molecular flexibility index (Phi) is 7.63. The van der Waals surface area contributed by atoms with Crippen LogP contribution in [0.15, 0.2) is 65.8 Å². The molecule has 2 aliphatic rings. The largest absolute Gasteiger partial charge is 0.505 e. The highest BCUT2D eigenvalue weighted by Crippen LogP contribution is 2.43. The number of fused-ring (bicyclic) bond motifs is 3. The van der Waals surface area contributed by atoms with Crippen LogP contribution < -0.4 is 10.9 Å². The molecule has 7 rings (SSSR count). The Bertz CT molecular complexity index is 2150. The average molecular weight is 681 g/mol. The fourth-order valence-electron chi connectivity index (χ4n) is 6.08. The van der Waals surface area contributed by atoms with Gasteiger partial charge in [0.05, 0.1) is 34.1 Å². The van der Waals surface area contributed by atoms with E-state index in [2.05, 4.69) is 25.4 Å². The van der Waals surface area contributed by atoms with Gasteiger partial charge in [-0.3, -0.25) is 19.4 Å². The lowest BCUT2D eigenvalue weighted by atomic mass is 9.85. The number of aromatic nitrogens is 6. The van der Waals surface area contributed by atoms with Gasteiger partial charge in [0.2, 0.25) is 11.7 Å². The molecule has 0 saturated carbocycles. The van der Waals surface area contributed by atoms with Crippen molar-refractivity contribution in [1.82, 2.24) is 34.0 Å². The van der Waals surface area contributed by atoms with Crippen molar-refractivity contribution in [3.05, 3.63) is 98.9 Å². The zero-order valence-corrected chi connectivity index (χ0v) is 25.5. The van der Waals surface area contributed by atoms with Crippen LogP contribution in [0, 0.1) is 0 Å². The number of piperidine rings is 1. The fourth-order valence-corrected chi connectivity index (χ4v) is 6.31. The number of rotatable bonds is 5. The molecule has 6 heterocycles. The van der Waals surface area contributed by atoms with Crippen LogP contribution in [-0.4, -0.2) is 64.0 Å². The minimum absolute atomic E-state index is 0.0361. The monoisotopic (exact) mass is 680 g/mol. The lowest BCUT2D eigenvalue weighted by molar-refractivity contribution is -0.137. The van der Waals surface area contributed by atoms with Crippen molar-refractivity contribution < 1.29 is 32.6 Å². The van der Waals surface area contributed by atoms with Crippen molar-refractivity contribution in [2.24, 2.45) is 0 Å². The summed E-state index contributed by atoms with van der Waals surface area (Å²) in [6, 6.07) is 8.78. The summed E-state index contributed by atoms with van der Waals surface area (Å²) in [6.07, 6.45) is 0.309. The van der Waals surface area contributed by atoms with Crippen molar-refractivity contribution >= 4 is 34.9 Å². The van der Waals surface area contributed by atoms with Gasteiger partial charge in [-0.05, 0) is 55.3 Å². The Labute approximate surface area is 273 Å². The Balaban J connectivity index is 1.25. The first kappa shape index (κ1) is 31.3. The first-order valence-electron chi connectivity index (χ1n) is 14.6. The van der Waals surface area contributed by atoms with E-state index in [0.29, 0.717) is 11.3 Å². The van der Waals surface area contributed by atoms with Gasteiger partial charge in [-0.2, -0.15) is 22.7 Å². The molecule has 0 atom stereocenters. The van der Waals surface area contributed by atoms with Crippen molar-refractivity contribution in [3.8, 4) is 17.1 Å². The maximum atomic E-state index is 14.1. The second-order valence-electron chi connectivity index (χ2n) is 11.3. The minimum Gasteiger partial charge on any atom is -0.505 e. The van der Waals surface area contributed by atoms with Gasteiger partial charge in [-0.25, -0.2) is 4.98 Å². The molecular weight excluding hydrogens is 657 g/mol. The number of aromatic hydroxyl groups is 1. The molecule has 5 aromatic rings. The summed E-state index contributed by atoms with van der Waals surface area (Å²) in [6.45, 7) is -0.126. The lowest BCUT2D eigenvalue weighted by Crippen LogP contribution is -2.47. The third-order valence-electron chi connectivity index (χ3n) is 8.45. The summed E-state index contributed by atoms with van der Waals surface area (Å²) in [4.78, 5) is 54.7. The van der Waals surface area contributed by atoms with Crippen LogP contribution >= 0.6 is 11.6 Å². The van der Waals surface area contributed by atoms with Gasteiger partial charge in [0.1, 0.15) is 17.9 Å². The summed E-state index contributed by atoms with van der Waals surface area (Å²) in [7, 11) is 0. The number of nitrogens with one attached hydrogen (secondary N) is 1. The van der Waals surface area contributed by atoms with Gasteiger partial charge in [0.15, 0.2) is 11.5 Å². The lowest BCUT2D eigenvalue weighted by Gasteiger charge is -2.38. The number of alkyl halides is 3. The Morgan fingerprint density at radius 3 is 2.52 bits per heavy atom. The molecule has 246 valence electrons. The number of halogens is 4. The number of hydrogen-bond donors (Lipinski definition) is 2. The molecule has 0 unspecified atom stereocenters. The molecule has 1 saturated heterocycles. The molecule has 4 aromatic heterocycles. The highest BCUT2D eigenvalue weighted by molar-refractivity contribution is 6.33. The van der Waals surface area contributed by atoms with Crippen LogP contribution in [0.25, 0.3) is 17.2 Å². The average Bonchev–Trinajstić information content (AvgIpc) is 3.68. The summed E-state index contributed by atoms with van der Waals surface area (Å²) < 4.78 is 48.3. The van der Waals surface area contributed by atoms with Crippen LogP contribution in [0.5, 0.6) is 5.75 Å². The summed E-state index contributed by atoms with van der Waals surface area (Å²) in [5.41, 5.74) is -1.52. The predicted octanol–water partition coefficient (Wildman–Crippen LogP) is 4.03. The summed E-state index contributed by atoms with van der Waals surface area (Å²) >= 11 is 6.08. The summed E-state index contributed by atoms with van der Waals surface area (Å²) in [5, 5.41) is 16.8. The van der Waals surface area contributed by atoms with Crippen LogP contribution in [0.3, 0.4) is 0 Å². The third kappa shape index (κ3) is 5.41. The zero-order valence-electron chi connectivity index (χ0n) is 24.7. The van der Waals surface area contributed by atoms with E-state index in [1.54, 1.807) is 12.1 Å². The molecule has 1 fully saturated rings. The van der Waals surface area contributed by atoms with Crippen LogP contribution in [-0.2, 0) is 34.5 Å². The number of nitrogens with zero attached hydrogens (tertiary/aromatic N) is 7. The van der Waals surface area contributed by atoms with E-state index in [1.165, 1.54) is 40.2 Å². The highest BCUT2D eigenvalue weighted by atomic mass is 35.5. The van der Waals surface area contributed by atoms with Crippen molar-refractivity contribution in [2.45, 2.75) is 37.8 Å². The number of carbonyl (C=O) groups is 2. The number of amides is 2. The molecule has 2 amide bonds. The molecule has 2 N–H and O–H groups in total. The standard InChI is InChI=1S/C31H24ClF3N8O5/c32-19-14-18(31(33,34)35)3-4-20(19)38-23(45)15-42-21-16-48-30(7-12-41(13-8-30)28(47)25-22(44)2-1-9-37-25)24(21)27(46)43-29(42)39-26(40-43)17-5-10-36-11-6-17/h1-6,9-11,14,44H,7-8,12-13,15-16H2,(H,38,45). The first-order chi connectivity index (χ1) is 22.9. The molecule has 48 heavy (non-hydrogen) atoms. The van der Waals surface area contributed by atoms with E-state index in [4.69, 9.17) is 16.3 Å². The Hall–Kier alpha value is -5.35. The van der Waals surface area contributed by atoms with Crippen molar-refractivity contribution in [3.63, 3.8) is 0 Å². The van der Waals surface area contributed by atoms with Gasteiger partial charge >= 0.3 is 6.18 Å². The SMILES string of the molecule is O=C(Cn1c2c(c(=O)n3nc(-c4ccncc4)nc13)C1(CCN(C(=O)c3ncccc3O)CC1)OC2)Nc1ccc(C(F)(F)F)cc1Cl. The van der Waals surface area contributed by atoms with Gasteiger partial charge in [0, 0.05) is 37.2 Å². The first-order valence-corrected chi connectivity index (χ1v) is 15.0. The molecule has 0 radical (unpaired) electrons. The molecule has 1 aromatic carbocycles. The van der Waals surface area contributed by atoms with Crippen LogP contribution in [0.2, 0.25) is 5.02 Å². The quantitative estimate of drug-likeness (QED) is 0.280. The maximum absolute atomic E-state index is 14.1. The second-order valence-corrected chi connectivity index (χ2v) is 11.7. The van der Waals surface area contributed by atoms with Crippen LogP contribution in [0.1, 0.15) is 40.2 Å². The highest BCUT2D eigenvalue weighted by Gasteiger charge is 2.48. The van der Waals surface area contributed by atoms with Gasteiger partial charge < -0.3 is 24.6 Å². The number of hydrogen-bond acceptors (Lipinski definition) is 9. The summed E-state index contributed by atoms with van der Waals surface area (Å²) in [5.74, 6) is -1.13. The predicted molar refractivity (Wildman–Crippen MR) is 163 cm³/mol. The molecule has 1 spiro atoms. The normalized spacial score (nSPS) is 15.5. The number of carbonyl (C=O) groups excluding carboxylic acids is 2. The van der Waals surface area contributed by atoms with E-state index in [9.17, 15) is 32.7 Å². The molecule has 0 aliphatic carbocycles. The van der Waals surface area contributed by atoms with E-state index in [0.717, 1.165) is 22.7 Å². The number of ether oxygens (including phenoxy) is 1. The van der Waals surface area contributed by atoms with Crippen LogP contribution in [0.4, 0.5) is 18.9 Å². The third-order valence-corrected chi connectivity index (χ3v) is 8.76. The zero-order chi connectivity index (χ0) is 33.8. The van der Waals surface area contributed by atoms with Gasteiger partial charge in [0.25, 0.3) is 11.5 Å². The van der Waals surface area contributed by atoms with E-state index >= 15 is 0 Å². The maximum Gasteiger partial charge on any atom is 0.416 e. The van der Waals surface area contributed by atoms with Crippen molar-refractivity contribution in [2.75, 3.05) is 18.4 Å². The van der Waals surface area contributed by atoms with Gasteiger partial charge in [-0.15, -0.1) is 5.10 Å². The van der Waals surface area contributed by atoms with Crippen molar-refractivity contribution in [1.29, 1.82) is 0 Å². The number of pyridine rings is 2. The molecule has 0 bridgehead atoms. The second kappa shape index (κ2) is 11.7. The van der Waals surface area contributed by atoms with Gasteiger partial charge in [-0.1, -0.05) is 11.6 Å². The molecule has 17 heteroatoms. The van der Waals surface area contributed by atoms with E-state index < -0.39 is 41.3 Å².